The molecule has 31 heavy (non-hydrogen) atoms. The fraction of sp³-hybridized carbons (Fsp3) is 0.227. The molecule has 3 heterocycles. The lowest BCUT2D eigenvalue weighted by Crippen LogP contribution is -2.31. The van der Waals surface area contributed by atoms with Crippen LogP contribution in [0.5, 0.6) is 0 Å². The number of aromatic amines is 1. The van der Waals surface area contributed by atoms with Gasteiger partial charge in [0.2, 0.25) is 5.91 Å². The number of fused-ring (bicyclic) bond motifs is 2. The van der Waals surface area contributed by atoms with Crippen LogP contribution in [0.4, 0.5) is 15.9 Å². The second-order valence-electron chi connectivity index (χ2n) is 7.59. The number of amides is 1. The van der Waals surface area contributed by atoms with Gasteiger partial charge in [-0.1, -0.05) is 0 Å². The summed E-state index contributed by atoms with van der Waals surface area (Å²) in [4.78, 5) is 28.4. The summed E-state index contributed by atoms with van der Waals surface area (Å²) in [5.74, 6) is 0.714. The molecule has 0 bridgehead atoms. The first-order valence-corrected chi connectivity index (χ1v) is 10.0. The highest BCUT2D eigenvalue weighted by Gasteiger charge is 2.23. The lowest BCUT2D eigenvalue weighted by Gasteiger charge is -2.21. The molecule has 0 fully saturated rings. The maximum absolute atomic E-state index is 13.1. The Labute approximate surface area is 177 Å². The third kappa shape index (κ3) is 3.81. The summed E-state index contributed by atoms with van der Waals surface area (Å²) in [5.41, 5.74) is 4.13. The number of hydrogen-bond acceptors (Lipinski definition) is 6. The molecule has 1 aromatic carbocycles. The smallest absolute Gasteiger partial charge is 0.243 e. The van der Waals surface area contributed by atoms with E-state index in [1.54, 1.807) is 12.4 Å². The number of carbonyl (C=O) groups is 1. The van der Waals surface area contributed by atoms with Crippen LogP contribution in [-0.4, -0.2) is 44.6 Å². The maximum atomic E-state index is 13.1. The molecule has 0 atom stereocenters. The largest absolute Gasteiger partial charge is 0.350 e. The van der Waals surface area contributed by atoms with Gasteiger partial charge in [0.1, 0.15) is 17.3 Å². The average molecular weight is 417 g/mol. The van der Waals surface area contributed by atoms with Gasteiger partial charge in [0.05, 0.1) is 24.5 Å². The monoisotopic (exact) mass is 417 g/mol. The van der Waals surface area contributed by atoms with Gasteiger partial charge in [0.25, 0.3) is 0 Å². The topological polar surface area (TPSA) is 99.7 Å². The zero-order chi connectivity index (χ0) is 21.4. The minimum atomic E-state index is -0.346. The summed E-state index contributed by atoms with van der Waals surface area (Å²) in [6.07, 6.45) is 6.21. The van der Waals surface area contributed by atoms with Crippen molar-refractivity contribution in [3.63, 3.8) is 0 Å². The number of H-pyrrole nitrogens is 1. The van der Waals surface area contributed by atoms with Crippen LogP contribution in [0.1, 0.15) is 17.7 Å². The first-order chi connectivity index (χ1) is 15.1. The summed E-state index contributed by atoms with van der Waals surface area (Å²) in [6.45, 7) is 0.106. The van der Waals surface area contributed by atoms with E-state index in [9.17, 15) is 9.18 Å². The lowest BCUT2D eigenvalue weighted by molar-refractivity contribution is -0.114. The molecule has 3 aromatic heterocycles. The molecule has 0 saturated carbocycles. The maximum Gasteiger partial charge on any atom is 0.243 e. The summed E-state index contributed by atoms with van der Waals surface area (Å²) in [6, 6.07) is 7.59. The molecule has 2 N–H and O–H groups in total. The molecule has 5 rings (SSSR count). The standard InChI is InChI=1S/C22H20FN7O/c1-30(12-20(31)26-15-7-5-14(23)6-8-15)22-16-3-2-4-17(16)27-21(28-22)18-9-13-10-25-29-19(13)11-24-18/h5-11H,2-4,12H2,1H3,(H,25,29)(H,26,31). The zero-order valence-electron chi connectivity index (χ0n) is 16.9. The van der Waals surface area contributed by atoms with Crippen LogP contribution >= 0.6 is 0 Å². The SMILES string of the molecule is CN(CC(=O)Nc1ccc(F)cc1)c1nc(-c2cc3cn[nH]c3cn2)nc2c1CCC2. The second-order valence-corrected chi connectivity index (χ2v) is 7.59. The molecule has 0 unspecified atom stereocenters. The summed E-state index contributed by atoms with van der Waals surface area (Å²) in [5, 5.41) is 10.6. The Morgan fingerprint density at radius 1 is 1.19 bits per heavy atom. The van der Waals surface area contributed by atoms with Crippen molar-refractivity contribution >= 4 is 28.3 Å². The van der Waals surface area contributed by atoms with Crippen molar-refractivity contribution in [1.82, 2.24) is 25.1 Å². The lowest BCUT2D eigenvalue weighted by atomic mass is 10.2. The van der Waals surface area contributed by atoms with Crippen LogP contribution < -0.4 is 10.2 Å². The van der Waals surface area contributed by atoms with Gasteiger partial charge in [0, 0.05) is 29.4 Å². The molecule has 0 radical (unpaired) electrons. The van der Waals surface area contributed by atoms with E-state index in [1.807, 2.05) is 18.0 Å². The summed E-state index contributed by atoms with van der Waals surface area (Å²) in [7, 11) is 1.83. The number of likely N-dealkylation sites (N-methyl/N-ethyl adjacent to an activating group) is 1. The van der Waals surface area contributed by atoms with Crippen molar-refractivity contribution in [1.29, 1.82) is 0 Å². The van der Waals surface area contributed by atoms with Crippen molar-refractivity contribution in [3.05, 3.63) is 59.8 Å². The van der Waals surface area contributed by atoms with Crippen LogP contribution in [0.3, 0.4) is 0 Å². The number of anilines is 2. The van der Waals surface area contributed by atoms with Gasteiger partial charge in [-0.15, -0.1) is 0 Å². The number of aromatic nitrogens is 5. The van der Waals surface area contributed by atoms with Gasteiger partial charge in [-0.05, 0) is 49.6 Å². The fourth-order valence-corrected chi connectivity index (χ4v) is 3.83. The first kappa shape index (κ1) is 19.1. The van der Waals surface area contributed by atoms with Crippen LogP contribution in [0, 0.1) is 5.82 Å². The fourth-order valence-electron chi connectivity index (χ4n) is 3.83. The van der Waals surface area contributed by atoms with E-state index in [-0.39, 0.29) is 18.3 Å². The number of halogens is 1. The van der Waals surface area contributed by atoms with E-state index in [0.717, 1.165) is 47.2 Å². The van der Waals surface area contributed by atoms with E-state index in [2.05, 4.69) is 20.5 Å². The van der Waals surface area contributed by atoms with Gasteiger partial charge < -0.3 is 10.2 Å². The van der Waals surface area contributed by atoms with Crippen LogP contribution in [0.2, 0.25) is 0 Å². The number of pyridine rings is 1. The summed E-state index contributed by atoms with van der Waals surface area (Å²) >= 11 is 0. The quantitative estimate of drug-likeness (QED) is 0.518. The van der Waals surface area contributed by atoms with E-state index >= 15 is 0 Å². The van der Waals surface area contributed by atoms with E-state index in [0.29, 0.717) is 17.2 Å². The highest BCUT2D eigenvalue weighted by Crippen LogP contribution is 2.31. The minimum Gasteiger partial charge on any atom is -0.350 e. The molecule has 0 saturated heterocycles. The summed E-state index contributed by atoms with van der Waals surface area (Å²) < 4.78 is 13.1. The molecule has 156 valence electrons. The zero-order valence-corrected chi connectivity index (χ0v) is 16.9. The Bertz CT molecular complexity index is 1270. The van der Waals surface area contributed by atoms with Crippen molar-refractivity contribution in [2.45, 2.75) is 19.3 Å². The van der Waals surface area contributed by atoms with Crippen LogP contribution in [-0.2, 0) is 17.6 Å². The van der Waals surface area contributed by atoms with Crippen molar-refractivity contribution in [2.24, 2.45) is 0 Å². The van der Waals surface area contributed by atoms with Gasteiger partial charge >= 0.3 is 0 Å². The normalized spacial score (nSPS) is 12.7. The Morgan fingerprint density at radius 2 is 2.03 bits per heavy atom. The first-order valence-electron chi connectivity index (χ1n) is 10.0. The van der Waals surface area contributed by atoms with E-state index in [4.69, 9.17) is 9.97 Å². The number of nitrogens with zero attached hydrogens (tertiary/aromatic N) is 5. The average Bonchev–Trinajstić information content (AvgIpc) is 3.43. The highest BCUT2D eigenvalue weighted by molar-refractivity contribution is 5.94. The molecule has 1 aliphatic carbocycles. The van der Waals surface area contributed by atoms with Crippen LogP contribution in [0.15, 0.2) is 42.7 Å². The Kier molecular flexibility index (Phi) is 4.78. The van der Waals surface area contributed by atoms with Gasteiger partial charge in [0.15, 0.2) is 5.82 Å². The molecular weight excluding hydrogens is 397 g/mol. The molecular formula is C22H20FN7O. The van der Waals surface area contributed by atoms with Crippen molar-refractivity contribution in [2.75, 3.05) is 23.8 Å². The molecule has 9 heteroatoms. The third-order valence-corrected chi connectivity index (χ3v) is 5.34. The number of rotatable bonds is 5. The van der Waals surface area contributed by atoms with Crippen molar-refractivity contribution < 1.29 is 9.18 Å². The van der Waals surface area contributed by atoms with Gasteiger partial charge in [-0.25, -0.2) is 14.4 Å². The Hall–Kier alpha value is -3.88. The minimum absolute atomic E-state index is 0.106. The predicted octanol–water partition coefficient (Wildman–Crippen LogP) is 3.12. The number of hydrogen-bond donors (Lipinski definition) is 2. The van der Waals surface area contributed by atoms with Crippen LogP contribution in [0.25, 0.3) is 22.4 Å². The molecule has 0 spiro atoms. The third-order valence-electron chi connectivity index (χ3n) is 5.34. The number of nitrogens with one attached hydrogen (secondary N) is 2. The Balaban J connectivity index is 1.42. The molecule has 4 aromatic rings. The van der Waals surface area contributed by atoms with Crippen molar-refractivity contribution in [3.8, 4) is 11.5 Å². The number of benzene rings is 1. The van der Waals surface area contributed by atoms with E-state index < -0.39 is 0 Å². The van der Waals surface area contributed by atoms with E-state index in [1.165, 1.54) is 24.3 Å². The highest BCUT2D eigenvalue weighted by atomic mass is 19.1. The van der Waals surface area contributed by atoms with Gasteiger partial charge in [-0.3, -0.25) is 14.9 Å². The second kappa shape index (κ2) is 7.75. The molecule has 8 nitrogen and oxygen atoms in total. The Morgan fingerprint density at radius 3 is 2.87 bits per heavy atom. The molecule has 1 amide bonds. The number of aryl methyl sites for hydroxylation is 1. The molecule has 0 aliphatic heterocycles. The number of carbonyl (C=O) groups excluding carboxylic acids is 1. The van der Waals surface area contributed by atoms with Gasteiger partial charge in [-0.2, -0.15) is 5.10 Å². The molecule has 1 aliphatic rings. The predicted molar refractivity (Wildman–Crippen MR) is 115 cm³/mol.